The van der Waals surface area contributed by atoms with Crippen molar-refractivity contribution >= 4 is 43.6 Å². The van der Waals surface area contributed by atoms with Gasteiger partial charge in [0.15, 0.2) is 0 Å². The number of unbranched alkanes of at least 4 members (excludes halogenated alkanes) is 3. The van der Waals surface area contributed by atoms with E-state index in [1.807, 2.05) is 20.8 Å². The van der Waals surface area contributed by atoms with Crippen LogP contribution in [0.2, 0.25) is 0 Å². The van der Waals surface area contributed by atoms with Gasteiger partial charge in [-0.3, -0.25) is 13.6 Å². The van der Waals surface area contributed by atoms with Crippen molar-refractivity contribution in [1.82, 2.24) is 0 Å². The molecule has 350 valence electrons. The van der Waals surface area contributed by atoms with Gasteiger partial charge in [-0.25, -0.2) is 33.3 Å². The van der Waals surface area contributed by atoms with Gasteiger partial charge >= 0.3 is 43.6 Å². The maximum absolute atomic E-state index is 16.3. The number of phosphoric ester groups is 1. The summed E-state index contributed by atoms with van der Waals surface area (Å²) in [6.45, 7) is 24.9. The largest absolute Gasteiger partial charge is 0.476 e. The summed E-state index contributed by atoms with van der Waals surface area (Å²) >= 11 is 0. The van der Waals surface area contributed by atoms with Gasteiger partial charge in [-0.15, -0.1) is 0 Å². The Bertz CT molecular complexity index is 1280. The molecule has 0 aliphatic carbocycles. The monoisotopic (exact) mass is 896 g/mol. The average Bonchev–Trinajstić information content (AvgIpc) is 3.26. The van der Waals surface area contributed by atoms with E-state index in [9.17, 15) is 28.8 Å². The second-order valence-electron chi connectivity index (χ2n) is 14.3. The summed E-state index contributed by atoms with van der Waals surface area (Å²) in [4.78, 5) is 73.6. The molecule has 0 aliphatic rings. The Morgan fingerprint density at radius 3 is 0.694 bits per heavy atom. The molecule has 0 radical (unpaired) electrons. The molecule has 0 heterocycles. The predicted octanol–water partition coefficient (Wildman–Crippen LogP) is 8.65. The Hall–Kier alpha value is -4.63. The highest BCUT2D eigenvalue weighted by Crippen LogP contribution is 2.62. The molecule has 0 bridgehead atoms. The molecule has 0 aromatic heterocycles. The van der Waals surface area contributed by atoms with Crippen LogP contribution in [0.5, 0.6) is 0 Å². The highest BCUT2D eigenvalue weighted by Gasteiger charge is 2.51. The van der Waals surface area contributed by atoms with Gasteiger partial charge < -0.3 is 28.4 Å². The molecule has 0 fully saturated rings. The first-order valence-corrected chi connectivity index (χ1v) is 22.5. The number of esters is 6. The van der Waals surface area contributed by atoms with Gasteiger partial charge in [-0.1, -0.05) is 98.8 Å². The van der Waals surface area contributed by atoms with Gasteiger partial charge in [0.25, 0.3) is 0 Å². The lowest BCUT2D eigenvalue weighted by Gasteiger charge is -2.44. The maximum atomic E-state index is 16.3. The molecule has 0 saturated carbocycles. The van der Waals surface area contributed by atoms with Crippen LogP contribution in [0.1, 0.15) is 117 Å². The van der Waals surface area contributed by atoms with Gasteiger partial charge in [0.05, 0.1) is 56.4 Å². The molecular weight excluding hydrogens is 827 g/mol. The molecule has 0 rings (SSSR count). The maximum Gasteiger partial charge on any atom is 0.476 e. The Morgan fingerprint density at radius 2 is 0.548 bits per heavy atom. The standard InChI is InChI=1S/C45H69O16P/c1-10-19-22-43(25-31-53-37(46)13-4,26-32-54-38(47)14-5)59-62(52,60-44(23-20-11-2,27-33-55-39(48)15-6)28-34-56-40(49)16-7)61-45(24-21-12-3,29-35-57-41(50)17-8)30-36-58-42(51)18-9/h13-18H,4-12,19-36H2,1-3H3. The van der Waals surface area contributed by atoms with Crippen LogP contribution in [-0.4, -0.2) is 92.3 Å². The zero-order valence-electron chi connectivity index (χ0n) is 37.0. The minimum atomic E-state index is -5.09. The highest BCUT2D eigenvalue weighted by atomic mass is 31.2. The van der Waals surface area contributed by atoms with Crippen LogP contribution >= 0.6 is 7.82 Å². The van der Waals surface area contributed by atoms with Crippen LogP contribution in [0.3, 0.4) is 0 Å². The quantitative estimate of drug-likeness (QED) is 0.0245. The Labute approximate surface area is 367 Å². The van der Waals surface area contributed by atoms with E-state index in [1.54, 1.807) is 0 Å². The summed E-state index contributed by atoms with van der Waals surface area (Å²) in [6, 6.07) is 0. The molecule has 16 nitrogen and oxygen atoms in total. The third-order valence-electron chi connectivity index (χ3n) is 9.69. The molecule has 0 amide bonds. The number of phosphoric acid groups is 1. The summed E-state index contributed by atoms with van der Waals surface area (Å²) in [5.74, 6) is -4.38. The fourth-order valence-electron chi connectivity index (χ4n) is 6.18. The van der Waals surface area contributed by atoms with Crippen molar-refractivity contribution in [3.63, 3.8) is 0 Å². The van der Waals surface area contributed by atoms with Gasteiger partial charge in [-0.05, 0) is 19.3 Å². The first-order valence-electron chi connectivity index (χ1n) is 21.0. The summed E-state index contributed by atoms with van der Waals surface area (Å²) in [7, 11) is -5.09. The summed E-state index contributed by atoms with van der Waals surface area (Å²) < 4.78 is 69.0. The Morgan fingerprint density at radius 1 is 0.371 bits per heavy atom. The van der Waals surface area contributed by atoms with E-state index in [-0.39, 0.29) is 97.4 Å². The van der Waals surface area contributed by atoms with Crippen molar-refractivity contribution in [3.05, 3.63) is 75.9 Å². The van der Waals surface area contributed by atoms with Crippen molar-refractivity contribution in [1.29, 1.82) is 0 Å². The van der Waals surface area contributed by atoms with E-state index in [0.717, 1.165) is 36.5 Å². The van der Waals surface area contributed by atoms with Crippen molar-refractivity contribution in [2.24, 2.45) is 0 Å². The number of carbonyl (C=O) groups excluding carboxylic acids is 6. The van der Waals surface area contributed by atoms with Gasteiger partial charge in [0.1, 0.15) is 0 Å². The average molecular weight is 897 g/mol. The van der Waals surface area contributed by atoms with Crippen LogP contribution in [0, 0.1) is 0 Å². The minimum Gasteiger partial charge on any atom is -0.462 e. The highest BCUT2D eigenvalue weighted by molar-refractivity contribution is 7.48. The normalized spacial score (nSPS) is 11.6. The van der Waals surface area contributed by atoms with Gasteiger partial charge in [-0.2, -0.15) is 0 Å². The smallest absolute Gasteiger partial charge is 0.462 e. The van der Waals surface area contributed by atoms with E-state index in [0.29, 0.717) is 38.5 Å². The van der Waals surface area contributed by atoms with E-state index in [4.69, 9.17) is 42.0 Å². The third kappa shape index (κ3) is 24.1. The van der Waals surface area contributed by atoms with Crippen LogP contribution in [0.25, 0.3) is 0 Å². The number of ether oxygens (including phenoxy) is 6. The van der Waals surface area contributed by atoms with E-state index in [2.05, 4.69) is 39.5 Å². The third-order valence-corrected chi connectivity index (χ3v) is 11.5. The van der Waals surface area contributed by atoms with E-state index < -0.39 is 60.4 Å². The summed E-state index contributed by atoms with van der Waals surface area (Å²) in [5.41, 5.74) is -4.63. The van der Waals surface area contributed by atoms with Crippen molar-refractivity contribution in [2.75, 3.05) is 39.6 Å². The fourth-order valence-corrected chi connectivity index (χ4v) is 8.54. The van der Waals surface area contributed by atoms with E-state index in [1.165, 1.54) is 0 Å². The predicted molar refractivity (Wildman–Crippen MR) is 232 cm³/mol. The molecule has 62 heavy (non-hydrogen) atoms. The van der Waals surface area contributed by atoms with Crippen LogP contribution in [0.4, 0.5) is 0 Å². The SMILES string of the molecule is C=CC(=O)OCCC(CCCC)(CCOC(=O)C=C)OP(=O)(OC(CCCC)(CCOC(=O)C=C)CCOC(=O)C=C)OC(CCCC)(CCOC(=O)C=C)CCOC(=O)C=C. The first kappa shape index (κ1) is 57.4. The second kappa shape index (κ2) is 32.1. The molecule has 0 aromatic carbocycles. The van der Waals surface area contributed by atoms with Crippen molar-refractivity contribution in [3.8, 4) is 0 Å². The molecule has 0 aromatic rings. The number of carbonyl (C=O) groups is 6. The molecule has 17 heteroatoms. The zero-order valence-corrected chi connectivity index (χ0v) is 37.9. The second-order valence-corrected chi connectivity index (χ2v) is 15.8. The van der Waals surface area contributed by atoms with Crippen LogP contribution < -0.4 is 0 Å². The number of hydrogen-bond donors (Lipinski definition) is 0. The molecule has 0 spiro atoms. The lowest BCUT2D eigenvalue weighted by Crippen LogP contribution is -2.43. The van der Waals surface area contributed by atoms with Gasteiger partial charge in [0, 0.05) is 75.0 Å². The molecule has 0 unspecified atom stereocenters. The lowest BCUT2D eigenvalue weighted by atomic mass is 9.90. The molecule has 0 aliphatic heterocycles. The molecule has 0 N–H and O–H groups in total. The Kier molecular flexibility index (Phi) is 29.7. The number of hydrogen-bond acceptors (Lipinski definition) is 16. The molecular formula is C45H69O16P. The molecule has 0 saturated heterocycles. The summed E-state index contributed by atoms with van der Waals surface area (Å²) in [5, 5.41) is 0. The van der Waals surface area contributed by atoms with E-state index >= 15 is 4.57 Å². The number of rotatable bonds is 39. The topological polar surface area (TPSA) is 203 Å². The fraction of sp³-hybridized carbons (Fsp3) is 0.600. The first-order chi connectivity index (χ1) is 29.5. The lowest BCUT2D eigenvalue weighted by molar-refractivity contribution is -0.142. The van der Waals surface area contributed by atoms with Crippen LogP contribution in [-0.2, 0) is 75.3 Å². The minimum absolute atomic E-state index is 0.0966. The summed E-state index contributed by atoms with van der Waals surface area (Å²) in [6.07, 6.45) is 9.17. The zero-order chi connectivity index (χ0) is 46.9. The Balaban J connectivity index is 8.23. The van der Waals surface area contributed by atoms with Crippen molar-refractivity contribution in [2.45, 2.75) is 134 Å². The van der Waals surface area contributed by atoms with Gasteiger partial charge in [0.2, 0.25) is 0 Å². The van der Waals surface area contributed by atoms with Crippen LogP contribution in [0.15, 0.2) is 75.9 Å². The molecule has 0 atom stereocenters. The van der Waals surface area contributed by atoms with Crippen molar-refractivity contribution < 1.29 is 75.3 Å².